The molecule has 7 nitrogen and oxygen atoms in total. The number of carbonyl (C=O) groups is 2. The van der Waals surface area contributed by atoms with Gasteiger partial charge in [-0.2, -0.15) is 4.98 Å². The summed E-state index contributed by atoms with van der Waals surface area (Å²) in [4.78, 5) is 25.5. The molecule has 1 atom stereocenters. The molecule has 15 heavy (non-hydrogen) atoms. The van der Waals surface area contributed by atoms with Gasteiger partial charge in [0.15, 0.2) is 5.82 Å². The van der Waals surface area contributed by atoms with Crippen LogP contribution < -0.4 is 5.32 Å². The van der Waals surface area contributed by atoms with Crippen LogP contribution in [0.2, 0.25) is 0 Å². The van der Waals surface area contributed by atoms with Crippen molar-refractivity contribution in [1.29, 1.82) is 0 Å². The molecule has 0 radical (unpaired) electrons. The highest BCUT2D eigenvalue weighted by atomic mass is 16.5. The van der Waals surface area contributed by atoms with Crippen molar-refractivity contribution in [2.24, 2.45) is 5.92 Å². The van der Waals surface area contributed by atoms with Gasteiger partial charge in [0.25, 0.3) is 0 Å². The van der Waals surface area contributed by atoms with Crippen molar-refractivity contribution < 1.29 is 19.2 Å². The summed E-state index contributed by atoms with van der Waals surface area (Å²) in [5.41, 5.74) is 0. The van der Waals surface area contributed by atoms with E-state index in [1.165, 1.54) is 6.92 Å². The van der Waals surface area contributed by atoms with E-state index in [2.05, 4.69) is 15.5 Å². The van der Waals surface area contributed by atoms with Gasteiger partial charge in [0.05, 0.1) is 6.54 Å². The third-order valence-electron chi connectivity index (χ3n) is 1.75. The van der Waals surface area contributed by atoms with Crippen molar-refractivity contribution in [3.8, 4) is 0 Å². The van der Waals surface area contributed by atoms with Crippen molar-refractivity contribution in [3.05, 3.63) is 11.7 Å². The molecule has 1 rings (SSSR count). The standard InChI is InChI=1S/C8H11N3O4/c1-4(8(13)14)7(12)9-3-6-10-5(2)11-15-6/h4H,3H2,1-2H3,(H,9,12)(H,13,14). The second-order valence-electron chi connectivity index (χ2n) is 3.01. The highest BCUT2D eigenvalue weighted by Crippen LogP contribution is 1.98. The number of hydrogen-bond donors (Lipinski definition) is 2. The number of hydrogen-bond acceptors (Lipinski definition) is 5. The van der Waals surface area contributed by atoms with Crippen LogP contribution in [-0.4, -0.2) is 27.1 Å². The van der Waals surface area contributed by atoms with Crippen molar-refractivity contribution in [2.75, 3.05) is 0 Å². The van der Waals surface area contributed by atoms with Crippen LogP contribution in [-0.2, 0) is 16.1 Å². The van der Waals surface area contributed by atoms with Crippen LogP contribution in [0.1, 0.15) is 18.6 Å². The van der Waals surface area contributed by atoms with Gasteiger partial charge in [0.1, 0.15) is 5.92 Å². The topological polar surface area (TPSA) is 105 Å². The van der Waals surface area contributed by atoms with E-state index in [0.29, 0.717) is 5.82 Å². The highest BCUT2D eigenvalue weighted by Gasteiger charge is 2.20. The number of rotatable bonds is 4. The predicted molar refractivity (Wildman–Crippen MR) is 47.7 cm³/mol. The van der Waals surface area contributed by atoms with Gasteiger partial charge in [-0.1, -0.05) is 5.16 Å². The van der Waals surface area contributed by atoms with Crippen LogP contribution >= 0.6 is 0 Å². The number of aliphatic carboxylic acids is 1. The number of nitrogens with one attached hydrogen (secondary N) is 1. The van der Waals surface area contributed by atoms with Gasteiger partial charge in [-0.3, -0.25) is 9.59 Å². The molecular formula is C8H11N3O4. The maximum Gasteiger partial charge on any atom is 0.315 e. The molecule has 1 heterocycles. The van der Waals surface area contributed by atoms with E-state index >= 15 is 0 Å². The van der Waals surface area contributed by atoms with E-state index in [-0.39, 0.29) is 12.4 Å². The first-order valence-electron chi connectivity index (χ1n) is 4.30. The Balaban J connectivity index is 2.44. The summed E-state index contributed by atoms with van der Waals surface area (Å²) in [5, 5.41) is 14.4. The Kier molecular flexibility index (Phi) is 3.37. The van der Waals surface area contributed by atoms with E-state index in [1.54, 1.807) is 6.92 Å². The van der Waals surface area contributed by atoms with Crippen LogP contribution in [0.15, 0.2) is 4.52 Å². The second kappa shape index (κ2) is 4.54. The molecule has 1 amide bonds. The zero-order valence-electron chi connectivity index (χ0n) is 8.35. The van der Waals surface area contributed by atoms with E-state index in [9.17, 15) is 9.59 Å². The molecular weight excluding hydrogens is 202 g/mol. The van der Waals surface area contributed by atoms with Crippen LogP contribution in [0.3, 0.4) is 0 Å². The Labute approximate surface area is 85.5 Å². The molecule has 1 aromatic rings. The van der Waals surface area contributed by atoms with Gasteiger partial charge in [-0.25, -0.2) is 0 Å². The minimum Gasteiger partial charge on any atom is -0.481 e. The molecule has 82 valence electrons. The lowest BCUT2D eigenvalue weighted by Crippen LogP contribution is -2.33. The maximum absolute atomic E-state index is 11.2. The molecule has 1 aromatic heterocycles. The number of nitrogens with zero attached hydrogens (tertiary/aromatic N) is 2. The monoisotopic (exact) mass is 213 g/mol. The number of aryl methyl sites for hydroxylation is 1. The Hall–Kier alpha value is -1.92. The van der Waals surface area contributed by atoms with Crippen LogP contribution in [0.4, 0.5) is 0 Å². The van der Waals surface area contributed by atoms with Crippen molar-refractivity contribution >= 4 is 11.9 Å². The molecule has 0 aliphatic rings. The lowest BCUT2D eigenvalue weighted by molar-refractivity contribution is -0.146. The fourth-order valence-electron chi connectivity index (χ4n) is 0.840. The number of carboxylic acids is 1. The minimum absolute atomic E-state index is 0.0390. The zero-order chi connectivity index (χ0) is 11.4. The summed E-state index contributed by atoms with van der Waals surface area (Å²) < 4.78 is 4.73. The zero-order valence-corrected chi connectivity index (χ0v) is 8.35. The largest absolute Gasteiger partial charge is 0.481 e. The van der Waals surface area contributed by atoms with E-state index in [0.717, 1.165) is 0 Å². The molecule has 7 heteroatoms. The van der Waals surface area contributed by atoms with E-state index in [1.807, 2.05) is 0 Å². The van der Waals surface area contributed by atoms with Gasteiger partial charge in [0, 0.05) is 0 Å². The molecule has 0 aliphatic carbocycles. The number of amides is 1. The Morgan fingerprint density at radius 3 is 2.73 bits per heavy atom. The third kappa shape index (κ3) is 3.04. The van der Waals surface area contributed by atoms with E-state index in [4.69, 9.17) is 9.63 Å². The quantitative estimate of drug-likeness (QED) is 0.666. The van der Waals surface area contributed by atoms with Crippen molar-refractivity contribution in [3.63, 3.8) is 0 Å². The van der Waals surface area contributed by atoms with Gasteiger partial charge in [-0.05, 0) is 13.8 Å². The van der Waals surface area contributed by atoms with Gasteiger partial charge in [0.2, 0.25) is 11.8 Å². The lowest BCUT2D eigenvalue weighted by Gasteiger charge is -2.05. The summed E-state index contributed by atoms with van der Waals surface area (Å²) in [7, 11) is 0. The molecule has 1 unspecified atom stereocenters. The van der Waals surface area contributed by atoms with Crippen LogP contribution in [0.25, 0.3) is 0 Å². The SMILES string of the molecule is Cc1noc(CNC(=O)C(C)C(=O)O)n1. The molecule has 0 bridgehead atoms. The normalized spacial score (nSPS) is 12.1. The smallest absolute Gasteiger partial charge is 0.315 e. The Morgan fingerprint density at radius 2 is 2.27 bits per heavy atom. The summed E-state index contributed by atoms with van der Waals surface area (Å²) in [5.74, 6) is -2.13. The maximum atomic E-state index is 11.2. The molecule has 0 fully saturated rings. The van der Waals surface area contributed by atoms with Gasteiger partial charge >= 0.3 is 5.97 Å². The molecule has 0 saturated heterocycles. The number of carboxylic acid groups (broad SMARTS) is 1. The first-order valence-corrected chi connectivity index (χ1v) is 4.30. The van der Waals surface area contributed by atoms with Crippen molar-refractivity contribution in [2.45, 2.75) is 20.4 Å². The molecule has 2 N–H and O–H groups in total. The summed E-state index contributed by atoms with van der Waals surface area (Å²) in [6, 6.07) is 0. The van der Waals surface area contributed by atoms with Crippen LogP contribution in [0.5, 0.6) is 0 Å². The van der Waals surface area contributed by atoms with Crippen LogP contribution in [0, 0.1) is 12.8 Å². The van der Waals surface area contributed by atoms with Crippen molar-refractivity contribution in [1.82, 2.24) is 15.5 Å². The summed E-state index contributed by atoms with van der Waals surface area (Å²) in [6.07, 6.45) is 0. The van der Waals surface area contributed by atoms with Gasteiger partial charge in [-0.15, -0.1) is 0 Å². The number of aromatic nitrogens is 2. The molecule has 0 aromatic carbocycles. The minimum atomic E-state index is -1.17. The van der Waals surface area contributed by atoms with Gasteiger partial charge < -0.3 is 14.9 Å². The molecule has 0 spiro atoms. The first kappa shape index (κ1) is 11.2. The fourth-order valence-corrected chi connectivity index (χ4v) is 0.840. The average molecular weight is 213 g/mol. The number of carbonyl (C=O) groups excluding carboxylic acids is 1. The Bertz CT molecular complexity index is 374. The lowest BCUT2D eigenvalue weighted by atomic mass is 10.2. The first-order chi connectivity index (χ1) is 7.00. The summed E-state index contributed by atoms with van der Waals surface area (Å²) >= 11 is 0. The molecule has 0 saturated carbocycles. The third-order valence-corrected chi connectivity index (χ3v) is 1.75. The van der Waals surface area contributed by atoms with E-state index < -0.39 is 17.8 Å². The molecule has 0 aliphatic heterocycles. The Morgan fingerprint density at radius 1 is 1.60 bits per heavy atom. The highest BCUT2D eigenvalue weighted by molar-refractivity contribution is 5.96. The summed E-state index contributed by atoms with van der Waals surface area (Å²) in [6.45, 7) is 2.99. The average Bonchev–Trinajstić information content (AvgIpc) is 2.59. The second-order valence-corrected chi connectivity index (χ2v) is 3.01. The fraction of sp³-hybridized carbons (Fsp3) is 0.500. The predicted octanol–water partition coefficient (Wildman–Crippen LogP) is -0.285.